The van der Waals surface area contributed by atoms with E-state index in [4.69, 9.17) is 10.2 Å². The van der Waals surface area contributed by atoms with Crippen molar-refractivity contribution in [3.05, 3.63) is 35.9 Å². The standard InChI is InChI=1S/C32H42N6O17S/c39-22(10-7-17(29(49)50)37-32(55)38-18(30(51)52)8-11-24(41)42)33-16(28(47)48)6-9-23(40)34-20(13-25(43)44)27(46)35-19(12-15-4-2-1-3-5-15)26(45)36-21(14-56)31(53)54/h1-5,16-21,56H,6-14H2,(H,33,39)(H,34,40)(H,35,46)(H,36,45)(H,41,42)(H,43,44)(H,47,48)(H,49,50)(H,51,52)(H,53,54)(H2,37,38,55)/t16?,17-,18-,19?,20?,21?/m0/s1. The molecule has 0 aliphatic rings. The van der Waals surface area contributed by atoms with Gasteiger partial charge >= 0.3 is 41.8 Å². The lowest BCUT2D eigenvalue weighted by molar-refractivity contribution is -0.143. The van der Waals surface area contributed by atoms with Crippen LogP contribution in [0.1, 0.15) is 50.5 Å². The van der Waals surface area contributed by atoms with Gasteiger partial charge in [0.15, 0.2) is 0 Å². The van der Waals surface area contributed by atoms with Gasteiger partial charge in [0, 0.05) is 31.4 Å². The minimum Gasteiger partial charge on any atom is -0.481 e. The fraction of sp³-hybridized carbons (Fsp3) is 0.469. The van der Waals surface area contributed by atoms with Crippen LogP contribution >= 0.6 is 12.6 Å². The van der Waals surface area contributed by atoms with Crippen molar-refractivity contribution in [2.45, 2.75) is 87.6 Å². The first kappa shape index (κ1) is 47.6. The van der Waals surface area contributed by atoms with Crippen molar-refractivity contribution >= 4 is 78.1 Å². The van der Waals surface area contributed by atoms with Crippen LogP contribution < -0.4 is 31.9 Å². The topological polar surface area (TPSA) is 381 Å². The Bertz CT molecular complexity index is 1630. The molecule has 0 fully saturated rings. The van der Waals surface area contributed by atoms with Crippen LogP contribution in [0.3, 0.4) is 0 Å². The van der Waals surface area contributed by atoms with Crippen LogP contribution in [0.2, 0.25) is 0 Å². The highest BCUT2D eigenvalue weighted by Crippen LogP contribution is 2.08. The molecule has 0 saturated heterocycles. The normalized spacial score (nSPS) is 13.8. The van der Waals surface area contributed by atoms with Crippen LogP contribution in [0.15, 0.2) is 30.3 Å². The third-order valence-corrected chi connectivity index (χ3v) is 7.92. The average Bonchev–Trinajstić information content (AvgIpc) is 3.11. The molecule has 4 unspecified atom stereocenters. The Morgan fingerprint density at radius 1 is 0.482 bits per heavy atom. The van der Waals surface area contributed by atoms with E-state index >= 15 is 0 Å². The van der Waals surface area contributed by atoms with Crippen LogP contribution in [-0.2, 0) is 54.4 Å². The number of hydrogen-bond donors (Lipinski definition) is 13. The number of amides is 6. The molecule has 0 saturated carbocycles. The number of carboxylic acids is 6. The van der Waals surface area contributed by atoms with Gasteiger partial charge in [-0.25, -0.2) is 24.0 Å². The quantitative estimate of drug-likeness (QED) is 0.0426. The van der Waals surface area contributed by atoms with Crippen molar-refractivity contribution < 1.29 is 83.4 Å². The first-order valence-corrected chi connectivity index (χ1v) is 17.1. The van der Waals surface area contributed by atoms with Crippen molar-refractivity contribution in [1.29, 1.82) is 0 Å². The van der Waals surface area contributed by atoms with Crippen molar-refractivity contribution in [3.8, 4) is 0 Å². The first-order valence-electron chi connectivity index (χ1n) is 16.5. The van der Waals surface area contributed by atoms with E-state index in [2.05, 4.69) is 33.9 Å². The van der Waals surface area contributed by atoms with E-state index < -0.39 is 147 Å². The zero-order valence-electron chi connectivity index (χ0n) is 29.3. The number of rotatable bonds is 26. The summed E-state index contributed by atoms with van der Waals surface area (Å²) in [5, 5.41) is 68.1. The average molecular weight is 815 g/mol. The van der Waals surface area contributed by atoms with E-state index in [1.54, 1.807) is 30.3 Å². The van der Waals surface area contributed by atoms with Gasteiger partial charge in [-0.2, -0.15) is 12.6 Å². The van der Waals surface area contributed by atoms with Gasteiger partial charge in [-0.1, -0.05) is 30.3 Å². The second-order valence-corrected chi connectivity index (χ2v) is 12.3. The predicted molar refractivity (Wildman–Crippen MR) is 189 cm³/mol. The number of carbonyl (C=O) groups excluding carboxylic acids is 5. The van der Waals surface area contributed by atoms with Gasteiger partial charge in [-0.15, -0.1) is 0 Å². The number of thiol groups is 1. The molecule has 56 heavy (non-hydrogen) atoms. The summed E-state index contributed by atoms with van der Waals surface area (Å²) in [6.07, 6.45) is -4.99. The largest absolute Gasteiger partial charge is 0.481 e. The maximum Gasteiger partial charge on any atom is 0.327 e. The molecule has 0 aliphatic carbocycles. The molecule has 0 aliphatic heterocycles. The van der Waals surface area contributed by atoms with Crippen LogP contribution in [0.5, 0.6) is 0 Å². The molecule has 0 heterocycles. The molecule has 0 bridgehead atoms. The predicted octanol–water partition coefficient (Wildman–Crippen LogP) is -2.63. The zero-order chi connectivity index (χ0) is 42.5. The Hall–Kier alpha value is -6.46. The van der Waals surface area contributed by atoms with Gasteiger partial charge in [0.05, 0.1) is 6.42 Å². The SMILES string of the molecule is O=C(O)CC[C@H](NC(=O)N[C@@H](CCC(=O)NC(CCC(=O)NC(CC(=O)O)C(=O)NC(Cc1ccccc1)C(=O)NC(CS)C(=O)O)C(=O)O)C(=O)O)C(=O)O. The Labute approximate surface area is 322 Å². The van der Waals surface area contributed by atoms with Gasteiger partial charge < -0.3 is 62.5 Å². The van der Waals surface area contributed by atoms with Gasteiger partial charge in [0.1, 0.15) is 36.3 Å². The molecule has 1 rings (SSSR count). The number of nitrogens with one attached hydrogen (secondary N) is 6. The van der Waals surface area contributed by atoms with Gasteiger partial charge in [-0.05, 0) is 24.8 Å². The molecule has 0 radical (unpaired) electrons. The Morgan fingerprint density at radius 2 is 0.893 bits per heavy atom. The molecule has 12 N–H and O–H groups in total. The monoisotopic (exact) mass is 814 g/mol. The van der Waals surface area contributed by atoms with Gasteiger partial charge in [0.2, 0.25) is 23.6 Å². The van der Waals surface area contributed by atoms with Crippen LogP contribution in [0, 0.1) is 0 Å². The van der Waals surface area contributed by atoms with E-state index in [0.717, 1.165) is 0 Å². The smallest absolute Gasteiger partial charge is 0.327 e. The van der Waals surface area contributed by atoms with Crippen molar-refractivity contribution in [2.75, 3.05) is 5.75 Å². The lowest BCUT2D eigenvalue weighted by Gasteiger charge is -2.24. The number of carbonyl (C=O) groups is 11. The Morgan fingerprint density at radius 3 is 1.32 bits per heavy atom. The molecule has 23 nitrogen and oxygen atoms in total. The minimum absolute atomic E-state index is 0.179. The summed E-state index contributed by atoms with van der Waals surface area (Å²) in [4.78, 5) is 132. The van der Waals surface area contributed by atoms with Crippen molar-refractivity contribution in [2.24, 2.45) is 0 Å². The molecule has 1 aromatic rings. The lowest BCUT2D eigenvalue weighted by Crippen LogP contribution is -2.57. The lowest BCUT2D eigenvalue weighted by atomic mass is 10.0. The Kier molecular flexibility index (Phi) is 20.4. The number of aliphatic carboxylic acids is 6. The molecule has 24 heteroatoms. The van der Waals surface area contributed by atoms with Crippen molar-refractivity contribution in [1.82, 2.24) is 31.9 Å². The van der Waals surface area contributed by atoms with Crippen LogP contribution in [-0.4, -0.2) is 138 Å². The maximum atomic E-state index is 13.2. The second kappa shape index (κ2) is 24.0. The third-order valence-electron chi connectivity index (χ3n) is 7.55. The fourth-order valence-electron chi connectivity index (χ4n) is 4.66. The van der Waals surface area contributed by atoms with E-state index in [-0.39, 0.29) is 12.2 Å². The second-order valence-electron chi connectivity index (χ2n) is 11.9. The third kappa shape index (κ3) is 18.5. The number of carboxylic acid groups (broad SMARTS) is 6. The summed E-state index contributed by atoms with van der Waals surface area (Å²) in [5.74, 6) is -13.8. The summed E-state index contributed by atoms with van der Waals surface area (Å²) in [7, 11) is 0. The number of hydrogen-bond acceptors (Lipinski definition) is 12. The summed E-state index contributed by atoms with van der Waals surface area (Å²) in [6.45, 7) is 0. The molecule has 6 amide bonds. The summed E-state index contributed by atoms with van der Waals surface area (Å²) >= 11 is 3.88. The maximum absolute atomic E-state index is 13.2. The molecular formula is C32H42N6O17S. The highest BCUT2D eigenvalue weighted by Gasteiger charge is 2.32. The highest BCUT2D eigenvalue weighted by molar-refractivity contribution is 7.80. The molecule has 0 spiro atoms. The van der Waals surface area contributed by atoms with Crippen LogP contribution in [0.25, 0.3) is 0 Å². The van der Waals surface area contributed by atoms with Crippen LogP contribution in [0.4, 0.5) is 4.79 Å². The molecule has 308 valence electrons. The Balaban J connectivity index is 2.92. The number of urea groups is 1. The summed E-state index contributed by atoms with van der Waals surface area (Å²) in [6, 6.07) is -3.15. The van der Waals surface area contributed by atoms with E-state index in [1.807, 2.05) is 10.6 Å². The number of benzene rings is 1. The summed E-state index contributed by atoms with van der Waals surface area (Å²) in [5.41, 5.74) is 0.519. The van der Waals surface area contributed by atoms with Gasteiger partial charge in [-0.3, -0.25) is 28.8 Å². The molecule has 1 aromatic carbocycles. The minimum atomic E-state index is -1.82. The van der Waals surface area contributed by atoms with Gasteiger partial charge in [0.25, 0.3) is 0 Å². The molecule has 0 aromatic heterocycles. The zero-order valence-corrected chi connectivity index (χ0v) is 30.2. The fourth-order valence-corrected chi connectivity index (χ4v) is 4.90. The van der Waals surface area contributed by atoms with E-state index in [1.165, 1.54) is 0 Å². The summed E-state index contributed by atoms with van der Waals surface area (Å²) < 4.78 is 0. The highest BCUT2D eigenvalue weighted by atomic mass is 32.1. The molecular weight excluding hydrogens is 772 g/mol. The van der Waals surface area contributed by atoms with E-state index in [9.17, 15) is 73.2 Å². The molecule has 6 atom stereocenters. The van der Waals surface area contributed by atoms with E-state index in [0.29, 0.717) is 5.56 Å². The van der Waals surface area contributed by atoms with Crippen molar-refractivity contribution in [3.63, 3.8) is 0 Å². The first-order chi connectivity index (χ1) is 26.2.